The molecule has 2 aromatic rings. The minimum absolute atomic E-state index is 0.0833. The Morgan fingerprint density at radius 1 is 1.23 bits per heavy atom. The van der Waals surface area contributed by atoms with Crippen molar-refractivity contribution in [2.24, 2.45) is 5.92 Å². The highest BCUT2D eigenvalue weighted by molar-refractivity contribution is 5.95. The van der Waals surface area contributed by atoms with E-state index in [9.17, 15) is 9.59 Å². The number of nitrogens with one attached hydrogen (secondary N) is 2. The summed E-state index contributed by atoms with van der Waals surface area (Å²) in [5, 5.41) is 3.97. The van der Waals surface area contributed by atoms with Gasteiger partial charge in [-0.15, -0.1) is 0 Å². The zero-order chi connectivity index (χ0) is 15.9. The molecule has 4 heteroatoms. The first-order valence-corrected chi connectivity index (χ1v) is 7.83. The monoisotopic (exact) mass is 298 g/mol. The van der Waals surface area contributed by atoms with Gasteiger partial charge in [-0.3, -0.25) is 9.59 Å². The molecule has 116 valence electrons. The summed E-state index contributed by atoms with van der Waals surface area (Å²) in [5.74, 6) is 0.232. The fraction of sp³-hybridized carbons (Fsp3) is 0.444. The third-order valence-electron chi connectivity index (χ3n) is 4.39. The second-order valence-electron chi connectivity index (χ2n) is 7.17. The smallest absolute Gasteiger partial charge is 0.248 e. The van der Waals surface area contributed by atoms with Gasteiger partial charge in [-0.2, -0.15) is 0 Å². The molecule has 1 aromatic heterocycles. The van der Waals surface area contributed by atoms with E-state index in [1.54, 1.807) is 6.07 Å². The molecule has 1 saturated carbocycles. The van der Waals surface area contributed by atoms with Gasteiger partial charge in [-0.25, -0.2) is 0 Å². The summed E-state index contributed by atoms with van der Waals surface area (Å²) >= 11 is 0. The number of carbonyl (C=O) groups excluding carboxylic acids is 1. The number of fused-ring (bicyclic) bond motifs is 1. The number of aromatic nitrogens is 1. The second kappa shape index (κ2) is 5.27. The number of anilines is 1. The van der Waals surface area contributed by atoms with Gasteiger partial charge in [0.2, 0.25) is 11.5 Å². The third-order valence-corrected chi connectivity index (χ3v) is 4.39. The van der Waals surface area contributed by atoms with E-state index in [1.807, 2.05) is 18.2 Å². The summed E-state index contributed by atoms with van der Waals surface area (Å²) in [7, 11) is 0. The van der Waals surface area contributed by atoms with Crippen molar-refractivity contribution in [3.63, 3.8) is 0 Å². The first-order valence-electron chi connectivity index (χ1n) is 7.83. The van der Waals surface area contributed by atoms with E-state index in [2.05, 4.69) is 31.1 Å². The summed E-state index contributed by atoms with van der Waals surface area (Å²) in [5.41, 5.74) is 2.31. The number of benzene rings is 1. The molecule has 2 N–H and O–H groups in total. The van der Waals surface area contributed by atoms with Gasteiger partial charge in [-0.05, 0) is 36.0 Å². The Bertz CT molecular complexity index is 780. The number of pyridine rings is 1. The van der Waals surface area contributed by atoms with E-state index >= 15 is 0 Å². The Morgan fingerprint density at radius 2 is 1.95 bits per heavy atom. The zero-order valence-corrected chi connectivity index (χ0v) is 13.3. The van der Waals surface area contributed by atoms with Crippen molar-refractivity contribution in [2.45, 2.75) is 45.4 Å². The van der Waals surface area contributed by atoms with E-state index in [-0.39, 0.29) is 22.8 Å². The molecule has 1 aliphatic carbocycles. The number of carbonyl (C=O) groups is 1. The molecule has 1 aromatic carbocycles. The van der Waals surface area contributed by atoms with Crippen LogP contribution in [0.4, 0.5) is 5.69 Å². The number of aromatic amines is 1. The molecule has 1 fully saturated rings. The van der Waals surface area contributed by atoms with Gasteiger partial charge in [0.1, 0.15) is 0 Å². The quantitative estimate of drug-likeness (QED) is 0.890. The lowest BCUT2D eigenvalue weighted by Gasteiger charge is -2.24. The van der Waals surface area contributed by atoms with E-state index in [1.165, 1.54) is 0 Å². The molecule has 0 spiro atoms. The van der Waals surface area contributed by atoms with Gasteiger partial charge < -0.3 is 10.3 Å². The normalized spacial score (nSPS) is 15.6. The topological polar surface area (TPSA) is 62.0 Å². The molecule has 0 saturated heterocycles. The highest BCUT2D eigenvalue weighted by Gasteiger charge is 2.25. The summed E-state index contributed by atoms with van der Waals surface area (Å²) in [6, 6.07) is 7.40. The van der Waals surface area contributed by atoms with E-state index < -0.39 is 0 Å². The van der Waals surface area contributed by atoms with Crippen molar-refractivity contribution in [3.8, 4) is 0 Å². The first kappa shape index (κ1) is 14.8. The largest absolute Gasteiger partial charge is 0.326 e. The van der Waals surface area contributed by atoms with Gasteiger partial charge in [0.15, 0.2) is 0 Å². The molecule has 4 nitrogen and oxygen atoms in total. The SMILES string of the molecule is CC(C)(C)c1cc(=O)[nH]c2cc(NC(=O)C3CCC3)ccc12. The molecule has 0 radical (unpaired) electrons. The lowest BCUT2D eigenvalue weighted by Crippen LogP contribution is -2.28. The molecule has 0 atom stereocenters. The van der Waals surface area contributed by atoms with Crippen LogP contribution in [0.15, 0.2) is 29.1 Å². The standard InChI is InChI=1S/C18H22N2O2/c1-18(2,3)14-10-16(21)20-15-9-12(7-8-13(14)15)19-17(22)11-5-4-6-11/h7-11H,4-6H2,1-3H3,(H,19,22)(H,20,21). The van der Waals surface area contributed by atoms with Gasteiger partial charge in [-0.1, -0.05) is 33.3 Å². The molecule has 0 aliphatic heterocycles. The van der Waals surface area contributed by atoms with Crippen LogP contribution in [0.2, 0.25) is 0 Å². The van der Waals surface area contributed by atoms with Crippen molar-refractivity contribution >= 4 is 22.5 Å². The molecule has 0 bridgehead atoms. The molecule has 3 rings (SSSR count). The minimum Gasteiger partial charge on any atom is -0.326 e. The van der Waals surface area contributed by atoms with Crippen molar-refractivity contribution in [3.05, 3.63) is 40.2 Å². The van der Waals surface area contributed by atoms with Gasteiger partial charge in [0, 0.05) is 23.1 Å². The van der Waals surface area contributed by atoms with Crippen LogP contribution in [-0.2, 0) is 10.2 Å². The van der Waals surface area contributed by atoms with Crippen LogP contribution in [0.5, 0.6) is 0 Å². The van der Waals surface area contributed by atoms with Crippen LogP contribution < -0.4 is 10.9 Å². The molecular weight excluding hydrogens is 276 g/mol. The Labute approximate surface area is 129 Å². The maximum Gasteiger partial charge on any atom is 0.248 e. The number of hydrogen-bond acceptors (Lipinski definition) is 2. The average molecular weight is 298 g/mol. The van der Waals surface area contributed by atoms with Crippen molar-refractivity contribution in [1.29, 1.82) is 0 Å². The fourth-order valence-electron chi connectivity index (χ4n) is 2.87. The molecule has 0 unspecified atom stereocenters. The van der Waals surface area contributed by atoms with Crippen molar-refractivity contribution in [1.82, 2.24) is 4.98 Å². The summed E-state index contributed by atoms with van der Waals surface area (Å²) in [6.07, 6.45) is 3.09. The summed E-state index contributed by atoms with van der Waals surface area (Å²) in [6.45, 7) is 6.27. The molecule has 1 aliphatic rings. The number of rotatable bonds is 2. The van der Waals surface area contributed by atoms with Crippen molar-refractivity contribution < 1.29 is 4.79 Å². The van der Waals surface area contributed by atoms with Crippen molar-refractivity contribution in [2.75, 3.05) is 5.32 Å². The van der Waals surface area contributed by atoms with Crippen LogP contribution in [0.3, 0.4) is 0 Å². The second-order valence-corrected chi connectivity index (χ2v) is 7.17. The highest BCUT2D eigenvalue weighted by Crippen LogP contribution is 2.30. The Kier molecular flexibility index (Phi) is 3.55. The minimum atomic E-state index is -0.111. The highest BCUT2D eigenvalue weighted by atomic mass is 16.2. The van der Waals surface area contributed by atoms with Gasteiger partial charge in [0.25, 0.3) is 0 Å². The molecular formula is C18H22N2O2. The van der Waals surface area contributed by atoms with Crippen LogP contribution >= 0.6 is 0 Å². The zero-order valence-electron chi connectivity index (χ0n) is 13.3. The van der Waals surface area contributed by atoms with Crippen LogP contribution in [0, 0.1) is 5.92 Å². The van der Waals surface area contributed by atoms with Crippen LogP contribution in [0.1, 0.15) is 45.6 Å². The maximum atomic E-state index is 12.0. The maximum absolute atomic E-state index is 12.0. The van der Waals surface area contributed by atoms with Gasteiger partial charge >= 0.3 is 0 Å². The first-order chi connectivity index (χ1) is 10.3. The average Bonchev–Trinajstić information content (AvgIpc) is 2.33. The Balaban J connectivity index is 1.99. The fourth-order valence-corrected chi connectivity index (χ4v) is 2.87. The van der Waals surface area contributed by atoms with Gasteiger partial charge in [0.05, 0.1) is 5.52 Å². The summed E-state index contributed by atoms with van der Waals surface area (Å²) in [4.78, 5) is 26.8. The lowest BCUT2D eigenvalue weighted by atomic mass is 9.84. The molecule has 22 heavy (non-hydrogen) atoms. The predicted molar refractivity (Wildman–Crippen MR) is 89.2 cm³/mol. The van der Waals surface area contributed by atoms with E-state index in [0.717, 1.165) is 41.4 Å². The third kappa shape index (κ3) is 2.78. The lowest BCUT2D eigenvalue weighted by molar-refractivity contribution is -0.122. The molecule has 1 amide bonds. The number of hydrogen-bond donors (Lipinski definition) is 2. The number of amides is 1. The number of H-pyrrole nitrogens is 1. The van der Waals surface area contributed by atoms with E-state index in [4.69, 9.17) is 0 Å². The molecule has 1 heterocycles. The van der Waals surface area contributed by atoms with E-state index in [0.29, 0.717) is 0 Å². The summed E-state index contributed by atoms with van der Waals surface area (Å²) < 4.78 is 0. The van der Waals surface area contributed by atoms with Crippen LogP contribution in [0.25, 0.3) is 10.9 Å². The Hall–Kier alpha value is -2.10. The Morgan fingerprint density at radius 3 is 2.55 bits per heavy atom. The predicted octanol–water partition coefficient (Wildman–Crippen LogP) is 3.56. The van der Waals surface area contributed by atoms with Crippen LogP contribution in [-0.4, -0.2) is 10.9 Å².